The number of benzene rings is 2. The van der Waals surface area contributed by atoms with Crippen molar-refractivity contribution in [1.82, 2.24) is 9.97 Å². The van der Waals surface area contributed by atoms with E-state index >= 15 is 0 Å². The van der Waals surface area contributed by atoms with Gasteiger partial charge in [0.15, 0.2) is 11.6 Å². The van der Waals surface area contributed by atoms with E-state index in [1.165, 1.54) is 0 Å². The van der Waals surface area contributed by atoms with Crippen molar-refractivity contribution in [3.05, 3.63) is 58.6 Å². The fraction of sp³-hybridized carbons (Fsp3) is 0. The molecule has 0 aliphatic carbocycles. The second-order valence-electron chi connectivity index (χ2n) is 5.00. The first kappa shape index (κ1) is 17.2. The number of aromatic nitrogens is 2. The highest BCUT2D eigenvalue weighted by molar-refractivity contribution is 6.43. The molecule has 0 aliphatic heterocycles. The van der Waals surface area contributed by atoms with Crippen molar-refractivity contribution in [3.8, 4) is 11.1 Å². The highest BCUT2D eigenvalue weighted by Gasteiger charge is 2.19. The van der Waals surface area contributed by atoms with Crippen molar-refractivity contribution < 1.29 is 0 Å². The summed E-state index contributed by atoms with van der Waals surface area (Å²) >= 11 is 12.4. The predicted molar refractivity (Wildman–Crippen MR) is 103 cm³/mol. The van der Waals surface area contributed by atoms with E-state index in [2.05, 4.69) is 26.1 Å². The van der Waals surface area contributed by atoms with Crippen LogP contribution in [-0.4, -0.2) is 9.97 Å². The van der Waals surface area contributed by atoms with Crippen LogP contribution in [-0.2, 0) is 0 Å². The van der Waals surface area contributed by atoms with E-state index in [0.29, 0.717) is 38.8 Å². The summed E-state index contributed by atoms with van der Waals surface area (Å²) in [7, 11) is 0. The van der Waals surface area contributed by atoms with Gasteiger partial charge in [-0.15, -0.1) is 0 Å². The van der Waals surface area contributed by atoms with E-state index < -0.39 is 0 Å². The maximum absolute atomic E-state index is 6.31. The van der Waals surface area contributed by atoms with E-state index in [1.54, 1.807) is 18.2 Å². The molecule has 0 amide bonds. The molecule has 1 aromatic heterocycles. The van der Waals surface area contributed by atoms with E-state index in [-0.39, 0.29) is 0 Å². The van der Waals surface area contributed by atoms with Gasteiger partial charge in [0, 0.05) is 11.3 Å². The SMILES string of the molecule is NNc1nc(Nc2ccccc2)nc(NN)c1-c1cccc(Cl)c1Cl. The minimum absolute atomic E-state index is 0.314. The summed E-state index contributed by atoms with van der Waals surface area (Å²) in [5, 5.41) is 3.84. The number of hydrogen-bond acceptors (Lipinski definition) is 7. The second kappa shape index (κ2) is 7.54. The van der Waals surface area contributed by atoms with Gasteiger partial charge in [-0.05, 0) is 18.2 Å². The topological polar surface area (TPSA) is 114 Å². The van der Waals surface area contributed by atoms with E-state index in [1.807, 2.05) is 30.3 Å². The van der Waals surface area contributed by atoms with Crippen molar-refractivity contribution in [3.63, 3.8) is 0 Å². The molecule has 3 aromatic rings. The van der Waals surface area contributed by atoms with Crippen LogP contribution in [0.4, 0.5) is 23.3 Å². The molecule has 2 aromatic carbocycles. The molecule has 9 heteroatoms. The molecular formula is C16H15Cl2N7. The molecule has 0 aliphatic rings. The van der Waals surface area contributed by atoms with E-state index in [4.69, 9.17) is 34.9 Å². The predicted octanol–water partition coefficient (Wildman–Crippen LogP) is 3.77. The summed E-state index contributed by atoms with van der Waals surface area (Å²) in [5.74, 6) is 12.3. The lowest BCUT2D eigenvalue weighted by molar-refractivity contribution is 1.12. The van der Waals surface area contributed by atoms with Crippen LogP contribution >= 0.6 is 23.2 Å². The fourth-order valence-corrected chi connectivity index (χ4v) is 2.72. The number of para-hydroxylation sites is 1. The zero-order chi connectivity index (χ0) is 17.8. The molecule has 0 atom stereocenters. The van der Waals surface area contributed by atoms with Gasteiger partial charge in [0.25, 0.3) is 0 Å². The molecule has 0 spiro atoms. The van der Waals surface area contributed by atoms with Gasteiger partial charge in [-0.2, -0.15) is 9.97 Å². The van der Waals surface area contributed by atoms with Crippen molar-refractivity contribution in [2.45, 2.75) is 0 Å². The Labute approximate surface area is 154 Å². The minimum Gasteiger partial charge on any atom is -0.324 e. The van der Waals surface area contributed by atoms with Crippen LogP contribution in [0.2, 0.25) is 10.0 Å². The Morgan fingerprint density at radius 3 is 2.04 bits per heavy atom. The highest BCUT2D eigenvalue weighted by atomic mass is 35.5. The van der Waals surface area contributed by atoms with Crippen LogP contribution < -0.4 is 27.9 Å². The number of nitrogen functional groups attached to an aromatic ring is 2. The van der Waals surface area contributed by atoms with Crippen LogP contribution in [0.3, 0.4) is 0 Å². The maximum Gasteiger partial charge on any atom is 0.231 e. The Bertz CT molecular complexity index is 862. The van der Waals surface area contributed by atoms with Crippen molar-refractivity contribution in [2.75, 3.05) is 16.2 Å². The Hall–Kier alpha value is -2.58. The van der Waals surface area contributed by atoms with Gasteiger partial charge in [-0.1, -0.05) is 53.5 Å². The first-order chi connectivity index (χ1) is 12.1. The number of nitrogens with two attached hydrogens (primary N) is 2. The minimum atomic E-state index is 0.314. The summed E-state index contributed by atoms with van der Waals surface area (Å²) in [4.78, 5) is 8.77. The molecule has 25 heavy (non-hydrogen) atoms. The smallest absolute Gasteiger partial charge is 0.231 e. The Balaban J connectivity index is 2.12. The largest absolute Gasteiger partial charge is 0.324 e. The molecule has 7 N–H and O–H groups in total. The molecule has 0 bridgehead atoms. The van der Waals surface area contributed by atoms with Crippen LogP contribution in [0.5, 0.6) is 0 Å². The van der Waals surface area contributed by atoms with Crippen LogP contribution in [0.15, 0.2) is 48.5 Å². The summed E-state index contributed by atoms with van der Waals surface area (Å²) < 4.78 is 0. The van der Waals surface area contributed by atoms with Gasteiger partial charge in [0.1, 0.15) is 0 Å². The van der Waals surface area contributed by atoms with Crippen molar-refractivity contribution in [2.24, 2.45) is 11.7 Å². The second-order valence-corrected chi connectivity index (χ2v) is 5.79. The van der Waals surface area contributed by atoms with Crippen molar-refractivity contribution in [1.29, 1.82) is 0 Å². The Morgan fingerprint density at radius 2 is 1.44 bits per heavy atom. The molecule has 128 valence electrons. The summed E-state index contributed by atoms with van der Waals surface area (Å²) in [6, 6.07) is 14.7. The fourth-order valence-electron chi connectivity index (χ4n) is 2.33. The third kappa shape index (κ3) is 3.59. The molecular weight excluding hydrogens is 361 g/mol. The number of halogens is 2. The average Bonchev–Trinajstić information content (AvgIpc) is 2.64. The standard InChI is InChI=1S/C16H15Cl2N7/c17-11-8-4-7-10(13(11)18)12-14(24-19)22-16(23-15(12)25-20)21-9-5-2-1-3-6-9/h1-8H,19-20H2,(H3,21,22,23,24,25). The van der Waals surface area contributed by atoms with E-state index in [0.717, 1.165) is 5.69 Å². The van der Waals surface area contributed by atoms with Gasteiger partial charge in [-0.25, -0.2) is 11.7 Å². The zero-order valence-electron chi connectivity index (χ0n) is 12.9. The van der Waals surface area contributed by atoms with Gasteiger partial charge in [0.2, 0.25) is 5.95 Å². The van der Waals surface area contributed by atoms with Gasteiger partial charge >= 0.3 is 0 Å². The molecule has 3 rings (SSSR count). The third-order valence-corrected chi connectivity index (χ3v) is 4.25. The lowest BCUT2D eigenvalue weighted by Gasteiger charge is -2.16. The number of anilines is 4. The monoisotopic (exact) mass is 375 g/mol. The Morgan fingerprint density at radius 1 is 0.800 bits per heavy atom. The molecule has 0 saturated heterocycles. The van der Waals surface area contributed by atoms with Crippen LogP contribution in [0, 0.1) is 0 Å². The van der Waals surface area contributed by atoms with Gasteiger partial charge < -0.3 is 16.2 Å². The summed E-state index contributed by atoms with van der Waals surface area (Å²) in [5.41, 5.74) is 7.04. The lowest BCUT2D eigenvalue weighted by Crippen LogP contribution is -2.17. The molecule has 0 saturated carbocycles. The third-order valence-electron chi connectivity index (χ3n) is 3.43. The van der Waals surface area contributed by atoms with Crippen LogP contribution in [0.25, 0.3) is 11.1 Å². The average molecular weight is 376 g/mol. The molecule has 0 unspecified atom stereocenters. The van der Waals surface area contributed by atoms with Gasteiger partial charge in [0.05, 0.1) is 15.6 Å². The normalized spacial score (nSPS) is 10.4. The first-order valence-corrected chi connectivity index (χ1v) is 8.01. The number of rotatable bonds is 5. The number of hydrazine groups is 2. The maximum atomic E-state index is 6.31. The molecule has 1 heterocycles. The van der Waals surface area contributed by atoms with Crippen molar-refractivity contribution >= 4 is 46.5 Å². The lowest BCUT2D eigenvalue weighted by atomic mass is 10.1. The highest BCUT2D eigenvalue weighted by Crippen LogP contribution is 2.40. The summed E-state index contributed by atoms with van der Waals surface area (Å²) in [6.07, 6.45) is 0. The molecule has 7 nitrogen and oxygen atoms in total. The number of nitrogens with one attached hydrogen (secondary N) is 3. The van der Waals surface area contributed by atoms with Crippen LogP contribution in [0.1, 0.15) is 0 Å². The quantitative estimate of drug-likeness (QED) is 0.340. The number of nitrogens with zero attached hydrogens (tertiary/aromatic N) is 2. The zero-order valence-corrected chi connectivity index (χ0v) is 14.4. The molecule has 0 fully saturated rings. The Kier molecular flexibility index (Phi) is 5.20. The first-order valence-electron chi connectivity index (χ1n) is 7.25. The summed E-state index contributed by atoms with van der Waals surface area (Å²) in [6.45, 7) is 0. The number of hydrogen-bond donors (Lipinski definition) is 5. The molecule has 0 radical (unpaired) electrons. The van der Waals surface area contributed by atoms with Gasteiger partial charge in [-0.3, -0.25) is 0 Å². The van der Waals surface area contributed by atoms with E-state index in [9.17, 15) is 0 Å².